The largest absolute Gasteiger partial charge is 0.467 e. The summed E-state index contributed by atoms with van der Waals surface area (Å²) >= 11 is 0. The van der Waals surface area contributed by atoms with Crippen molar-refractivity contribution in [2.24, 2.45) is 0 Å². The molecule has 1 amide bonds. The van der Waals surface area contributed by atoms with E-state index in [2.05, 4.69) is 11.9 Å². The Kier molecular flexibility index (Phi) is 4.20. The number of carbonyl (C=O) groups is 1. The van der Waals surface area contributed by atoms with Gasteiger partial charge in [0.05, 0.1) is 23.7 Å². The third kappa shape index (κ3) is 2.81. The minimum absolute atomic E-state index is 0.0359. The highest BCUT2D eigenvalue weighted by Crippen LogP contribution is 2.19. The number of amides is 1. The van der Waals surface area contributed by atoms with E-state index in [-0.39, 0.29) is 17.5 Å². The van der Waals surface area contributed by atoms with E-state index in [1.165, 1.54) is 6.20 Å². The number of rotatable bonds is 5. The lowest BCUT2D eigenvalue weighted by atomic mass is 10.1. The highest BCUT2D eigenvalue weighted by atomic mass is 16.3. The molecule has 0 aliphatic heterocycles. The van der Waals surface area contributed by atoms with Crippen molar-refractivity contribution in [2.45, 2.75) is 6.54 Å². The molecule has 3 aromatic rings. The maximum Gasteiger partial charge on any atom is 0.257 e. The van der Waals surface area contributed by atoms with E-state index in [1.54, 1.807) is 41.2 Å². The number of benzene rings is 1. The van der Waals surface area contributed by atoms with Gasteiger partial charge in [0.25, 0.3) is 5.91 Å². The number of nitrogens with two attached hydrogens (primary N) is 1. The molecular weight excluding hydrogens is 306 g/mol. The SMILES string of the molecule is C=CCNC(=O)c1cn(Cc2ccco2)c2cccc(N)c2c1=O. The number of hydrogen-bond donors (Lipinski definition) is 2. The summed E-state index contributed by atoms with van der Waals surface area (Å²) in [6.45, 7) is 4.21. The number of pyridine rings is 1. The minimum Gasteiger partial charge on any atom is -0.467 e. The summed E-state index contributed by atoms with van der Waals surface area (Å²) < 4.78 is 7.15. The summed E-state index contributed by atoms with van der Waals surface area (Å²) in [4.78, 5) is 25.0. The van der Waals surface area contributed by atoms with Crippen LogP contribution in [-0.2, 0) is 6.54 Å². The van der Waals surface area contributed by atoms with Gasteiger partial charge in [0, 0.05) is 18.4 Å². The van der Waals surface area contributed by atoms with Gasteiger partial charge in [-0.25, -0.2) is 0 Å². The fourth-order valence-corrected chi connectivity index (χ4v) is 2.59. The van der Waals surface area contributed by atoms with Gasteiger partial charge in [-0.3, -0.25) is 9.59 Å². The molecule has 0 atom stereocenters. The lowest BCUT2D eigenvalue weighted by molar-refractivity contribution is 0.0956. The molecule has 2 aromatic heterocycles. The molecular formula is C18H17N3O3. The first kappa shape index (κ1) is 15.6. The van der Waals surface area contributed by atoms with Crippen molar-refractivity contribution in [1.82, 2.24) is 9.88 Å². The van der Waals surface area contributed by atoms with Gasteiger partial charge >= 0.3 is 0 Å². The molecule has 6 nitrogen and oxygen atoms in total. The van der Waals surface area contributed by atoms with Crippen LogP contribution in [-0.4, -0.2) is 17.0 Å². The van der Waals surface area contributed by atoms with Crippen molar-refractivity contribution in [3.8, 4) is 0 Å². The average Bonchev–Trinajstić information content (AvgIpc) is 3.08. The number of furan rings is 1. The number of nitrogens with one attached hydrogen (secondary N) is 1. The molecule has 0 unspecified atom stereocenters. The number of nitrogens with zero attached hydrogens (tertiary/aromatic N) is 1. The van der Waals surface area contributed by atoms with E-state index in [0.29, 0.717) is 28.9 Å². The first-order valence-corrected chi connectivity index (χ1v) is 7.45. The van der Waals surface area contributed by atoms with E-state index in [9.17, 15) is 9.59 Å². The molecule has 6 heteroatoms. The fourth-order valence-electron chi connectivity index (χ4n) is 2.59. The molecule has 0 aliphatic rings. The van der Waals surface area contributed by atoms with Crippen molar-refractivity contribution in [2.75, 3.05) is 12.3 Å². The van der Waals surface area contributed by atoms with Crippen LogP contribution in [0.1, 0.15) is 16.1 Å². The third-order valence-corrected chi connectivity index (χ3v) is 3.70. The number of carbonyl (C=O) groups excluding carboxylic acids is 1. The van der Waals surface area contributed by atoms with Gasteiger partial charge in [-0.15, -0.1) is 6.58 Å². The Morgan fingerprint density at radius 2 is 2.17 bits per heavy atom. The van der Waals surface area contributed by atoms with Crippen molar-refractivity contribution in [3.63, 3.8) is 0 Å². The Morgan fingerprint density at radius 1 is 1.33 bits per heavy atom. The summed E-state index contributed by atoms with van der Waals surface area (Å²) in [7, 11) is 0. The summed E-state index contributed by atoms with van der Waals surface area (Å²) in [5, 5.41) is 2.95. The molecule has 1 aromatic carbocycles. The number of hydrogen-bond acceptors (Lipinski definition) is 4. The molecule has 24 heavy (non-hydrogen) atoms. The average molecular weight is 323 g/mol. The lowest BCUT2D eigenvalue weighted by Gasteiger charge is -2.13. The predicted molar refractivity (Wildman–Crippen MR) is 93.0 cm³/mol. The van der Waals surface area contributed by atoms with Gasteiger partial charge in [-0.1, -0.05) is 12.1 Å². The van der Waals surface area contributed by atoms with Gasteiger partial charge in [0.2, 0.25) is 5.43 Å². The van der Waals surface area contributed by atoms with Crippen LogP contribution in [0.25, 0.3) is 10.9 Å². The normalized spacial score (nSPS) is 10.7. The Labute approximate surface area is 138 Å². The molecule has 122 valence electrons. The minimum atomic E-state index is -0.460. The standard InChI is InChI=1S/C18H17N3O3/c1-2-8-20-18(23)13-11-21(10-12-5-4-9-24-12)15-7-3-6-14(19)16(15)17(13)22/h2-7,9,11H,1,8,10,19H2,(H,20,23). The van der Waals surface area contributed by atoms with Gasteiger partial charge in [0.1, 0.15) is 11.3 Å². The number of anilines is 1. The van der Waals surface area contributed by atoms with Crippen molar-refractivity contribution >= 4 is 22.5 Å². The first-order chi connectivity index (χ1) is 11.6. The van der Waals surface area contributed by atoms with Crippen LogP contribution in [0.2, 0.25) is 0 Å². The molecule has 0 spiro atoms. The van der Waals surface area contributed by atoms with Crippen LogP contribution in [0.15, 0.2) is 64.7 Å². The topological polar surface area (TPSA) is 90.3 Å². The molecule has 0 saturated heterocycles. The first-order valence-electron chi connectivity index (χ1n) is 7.45. The van der Waals surface area contributed by atoms with E-state index in [0.717, 1.165) is 0 Å². The Bertz CT molecular complexity index is 956. The van der Waals surface area contributed by atoms with Crippen LogP contribution >= 0.6 is 0 Å². The van der Waals surface area contributed by atoms with Gasteiger partial charge in [-0.05, 0) is 24.3 Å². The second-order valence-corrected chi connectivity index (χ2v) is 5.32. The maximum absolute atomic E-state index is 12.7. The second kappa shape index (κ2) is 6.45. The van der Waals surface area contributed by atoms with Gasteiger partial charge < -0.3 is 20.0 Å². The van der Waals surface area contributed by atoms with Crippen LogP contribution in [0, 0.1) is 0 Å². The number of fused-ring (bicyclic) bond motifs is 1. The Balaban J connectivity index is 2.20. The molecule has 0 radical (unpaired) electrons. The molecule has 0 aliphatic carbocycles. The van der Waals surface area contributed by atoms with E-state index >= 15 is 0 Å². The molecule has 3 N–H and O–H groups in total. The van der Waals surface area contributed by atoms with Crippen molar-refractivity contribution in [1.29, 1.82) is 0 Å². The van der Waals surface area contributed by atoms with Gasteiger partial charge in [0.15, 0.2) is 0 Å². The van der Waals surface area contributed by atoms with Crippen LogP contribution < -0.4 is 16.5 Å². The van der Waals surface area contributed by atoms with Crippen LogP contribution in [0.3, 0.4) is 0 Å². The molecule has 0 saturated carbocycles. The molecule has 3 rings (SSSR count). The zero-order valence-electron chi connectivity index (χ0n) is 13.0. The summed E-state index contributed by atoms with van der Waals surface area (Å²) in [6, 6.07) is 8.82. The Morgan fingerprint density at radius 3 is 2.88 bits per heavy atom. The summed E-state index contributed by atoms with van der Waals surface area (Å²) in [5.41, 5.74) is 6.62. The smallest absolute Gasteiger partial charge is 0.257 e. The zero-order chi connectivity index (χ0) is 17.1. The second-order valence-electron chi connectivity index (χ2n) is 5.32. The third-order valence-electron chi connectivity index (χ3n) is 3.70. The monoisotopic (exact) mass is 323 g/mol. The Hall–Kier alpha value is -3.28. The molecule has 0 bridgehead atoms. The quantitative estimate of drug-likeness (QED) is 0.556. The van der Waals surface area contributed by atoms with E-state index in [4.69, 9.17) is 10.2 Å². The number of nitrogen functional groups attached to an aromatic ring is 1. The van der Waals surface area contributed by atoms with E-state index < -0.39 is 5.91 Å². The zero-order valence-corrected chi connectivity index (χ0v) is 13.0. The summed E-state index contributed by atoms with van der Waals surface area (Å²) in [5.74, 6) is 0.248. The maximum atomic E-state index is 12.7. The van der Waals surface area contributed by atoms with Crippen LogP contribution in [0.5, 0.6) is 0 Å². The van der Waals surface area contributed by atoms with E-state index in [1.807, 2.05) is 6.07 Å². The van der Waals surface area contributed by atoms with Crippen molar-refractivity contribution in [3.05, 3.63) is 77.0 Å². The number of aromatic nitrogens is 1. The summed E-state index contributed by atoms with van der Waals surface area (Å²) in [6.07, 6.45) is 4.66. The lowest BCUT2D eigenvalue weighted by Crippen LogP contribution is -2.30. The van der Waals surface area contributed by atoms with Crippen LogP contribution in [0.4, 0.5) is 5.69 Å². The molecule has 0 fully saturated rings. The fraction of sp³-hybridized carbons (Fsp3) is 0.111. The van der Waals surface area contributed by atoms with Crippen molar-refractivity contribution < 1.29 is 9.21 Å². The highest BCUT2D eigenvalue weighted by Gasteiger charge is 2.17. The predicted octanol–water partition coefficient (Wildman–Crippen LogP) is 2.14. The van der Waals surface area contributed by atoms with Gasteiger partial charge in [-0.2, -0.15) is 0 Å². The molecule has 2 heterocycles. The highest BCUT2D eigenvalue weighted by molar-refractivity contribution is 6.00.